The van der Waals surface area contributed by atoms with Crippen LogP contribution in [0.3, 0.4) is 0 Å². The fraction of sp³-hybridized carbons (Fsp3) is 0.286. The number of hydrogen-bond donors (Lipinski definition) is 0. The molecule has 0 amide bonds. The third kappa shape index (κ3) is 4.53. The Morgan fingerprint density at radius 2 is 2.00 bits per heavy atom. The first-order valence-corrected chi connectivity index (χ1v) is 10.7. The van der Waals surface area contributed by atoms with Crippen LogP contribution in [0.2, 0.25) is 0 Å². The van der Waals surface area contributed by atoms with Gasteiger partial charge in [0.05, 0.1) is 40.2 Å². The minimum atomic E-state index is -0.101. The van der Waals surface area contributed by atoms with Crippen molar-refractivity contribution < 1.29 is 9.53 Å². The van der Waals surface area contributed by atoms with Gasteiger partial charge in [-0.05, 0) is 76.4 Å². The second kappa shape index (κ2) is 9.09. The molecule has 0 N–H and O–H groups in total. The summed E-state index contributed by atoms with van der Waals surface area (Å²) in [6.45, 7) is 7.14. The predicted octanol–water partition coefficient (Wildman–Crippen LogP) is 5.19. The molecule has 8 heteroatoms. The van der Waals surface area contributed by atoms with Crippen LogP contribution in [0, 0.1) is 13.8 Å². The van der Waals surface area contributed by atoms with Crippen LogP contribution in [-0.4, -0.2) is 32.5 Å². The highest BCUT2D eigenvalue weighted by atomic mass is 79.9. The number of allylic oxidation sites excluding steroid dienone is 1. The van der Waals surface area contributed by atoms with Crippen LogP contribution in [-0.2, 0) is 13.1 Å². The molecule has 0 bridgehead atoms. The van der Waals surface area contributed by atoms with Crippen molar-refractivity contribution in [2.75, 3.05) is 7.11 Å². The molecule has 0 aliphatic heterocycles. The van der Waals surface area contributed by atoms with E-state index in [4.69, 9.17) is 4.74 Å². The Morgan fingerprint density at radius 1 is 1.24 bits per heavy atom. The molecule has 0 fully saturated rings. The topological polar surface area (TPSA) is 61.9 Å². The Hall–Kier alpha value is -2.19. The van der Waals surface area contributed by atoms with Gasteiger partial charge in [-0.1, -0.05) is 12.1 Å². The summed E-state index contributed by atoms with van der Waals surface area (Å²) < 4.78 is 10.8. The van der Waals surface area contributed by atoms with Gasteiger partial charge < -0.3 is 4.74 Å². The summed E-state index contributed by atoms with van der Waals surface area (Å²) in [5.74, 6) is 0.681. The monoisotopic (exact) mass is 520 g/mol. The van der Waals surface area contributed by atoms with Crippen molar-refractivity contribution in [3.63, 3.8) is 0 Å². The first kappa shape index (κ1) is 21.5. The van der Waals surface area contributed by atoms with Gasteiger partial charge in [-0.3, -0.25) is 14.2 Å². The molecule has 3 aromatic rings. The molecule has 0 unspecified atom stereocenters. The summed E-state index contributed by atoms with van der Waals surface area (Å²) in [5.41, 5.74) is 4.44. The number of ketones is 1. The van der Waals surface area contributed by atoms with E-state index >= 15 is 0 Å². The normalized spacial score (nSPS) is 11.4. The summed E-state index contributed by atoms with van der Waals surface area (Å²) in [4.78, 5) is 12.6. The van der Waals surface area contributed by atoms with Crippen molar-refractivity contribution in [1.82, 2.24) is 19.6 Å². The summed E-state index contributed by atoms with van der Waals surface area (Å²) >= 11 is 6.97. The molecule has 0 saturated heterocycles. The standard InChI is InChI=1S/C21H22Br2N4O2/c1-5-26-21(17(22)11-24-26)18(28)8-6-15-7-9-19(29-4)16(10-15)12-27-14(3)20(23)13(2)25-27/h6-11H,5,12H2,1-4H3/b8-6+. The molecule has 0 saturated carbocycles. The largest absolute Gasteiger partial charge is 0.496 e. The van der Waals surface area contributed by atoms with Crippen molar-refractivity contribution in [3.05, 3.63) is 67.6 Å². The van der Waals surface area contributed by atoms with Crippen LogP contribution in [0.4, 0.5) is 0 Å². The molecule has 0 atom stereocenters. The molecule has 2 aromatic heterocycles. The Balaban J connectivity index is 1.88. The zero-order valence-electron chi connectivity index (χ0n) is 16.7. The molecule has 2 heterocycles. The highest BCUT2D eigenvalue weighted by Gasteiger charge is 2.14. The Labute approximate surface area is 186 Å². The average Bonchev–Trinajstić information content (AvgIpc) is 3.21. The van der Waals surface area contributed by atoms with E-state index < -0.39 is 0 Å². The number of aryl methyl sites for hydroxylation is 2. The first-order valence-electron chi connectivity index (χ1n) is 9.15. The molecule has 29 heavy (non-hydrogen) atoms. The van der Waals surface area contributed by atoms with Gasteiger partial charge in [0.25, 0.3) is 0 Å². The maximum Gasteiger partial charge on any atom is 0.205 e. The van der Waals surface area contributed by atoms with Crippen LogP contribution in [0.5, 0.6) is 5.75 Å². The van der Waals surface area contributed by atoms with Gasteiger partial charge >= 0.3 is 0 Å². The van der Waals surface area contributed by atoms with E-state index in [1.165, 1.54) is 0 Å². The molecule has 152 valence electrons. The van der Waals surface area contributed by atoms with Gasteiger partial charge in [0.1, 0.15) is 11.4 Å². The van der Waals surface area contributed by atoms with Crippen molar-refractivity contribution in [1.29, 1.82) is 0 Å². The summed E-state index contributed by atoms with van der Waals surface area (Å²) in [7, 11) is 1.65. The van der Waals surface area contributed by atoms with E-state index in [2.05, 4.69) is 42.1 Å². The summed E-state index contributed by atoms with van der Waals surface area (Å²) in [6.07, 6.45) is 5.02. The third-order valence-electron chi connectivity index (χ3n) is 4.67. The van der Waals surface area contributed by atoms with Gasteiger partial charge in [-0.15, -0.1) is 0 Å². The number of nitrogens with zero attached hydrogens (tertiary/aromatic N) is 4. The number of methoxy groups -OCH3 is 1. The van der Waals surface area contributed by atoms with E-state index in [0.29, 0.717) is 23.3 Å². The van der Waals surface area contributed by atoms with Crippen LogP contribution in [0.25, 0.3) is 6.08 Å². The minimum Gasteiger partial charge on any atom is -0.496 e. The van der Waals surface area contributed by atoms with Crippen molar-refractivity contribution >= 4 is 43.7 Å². The number of benzene rings is 1. The molecular weight excluding hydrogens is 500 g/mol. The number of aromatic nitrogens is 4. The fourth-order valence-corrected chi connectivity index (χ4v) is 3.89. The maximum absolute atomic E-state index is 12.6. The molecule has 6 nitrogen and oxygen atoms in total. The molecule has 0 spiro atoms. The van der Waals surface area contributed by atoms with Crippen LogP contribution in [0.15, 0.2) is 39.4 Å². The maximum atomic E-state index is 12.6. The highest BCUT2D eigenvalue weighted by Crippen LogP contribution is 2.25. The van der Waals surface area contributed by atoms with E-state index in [1.54, 1.807) is 24.1 Å². The van der Waals surface area contributed by atoms with Crippen molar-refractivity contribution in [2.45, 2.75) is 33.9 Å². The van der Waals surface area contributed by atoms with Crippen LogP contribution < -0.4 is 4.74 Å². The van der Waals surface area contributed by atoms with Gasteiger partial charge in [-0.25, -0.2) is 0 Å². The number of carbonyl (C=O) groups excluding carboxylic acids is 1. The van der Waals surface area contributed by atoms with Gasteiger partial charge in [0.15, 0.2) is 0 Å². The average molecular weight is 522 g/mol. The molecule has 0 radical (unpaired) electrons. The SMILES string of the molecule is CCn1ncc(Br)c1C(=O)/C=C/c1ccc(OC)c(Cn2nc(C)c(Br)c2C)c1. The van der Waals surface area contributed by atoms with E-state index in [-0.39, 0.29) is 5.78 Å². The Kier molecular flexibility index (Phi) is 6.74. The quantitative estimate of drug-likeness (QED) is 0.317. The Bertz CT molecular complexity index is 1080. The lowest BCUT2D eigenvalue weighted by atomic mass is 10.1. The molecule has 0 aliphatic carbocycles. The molecule has 0 aliphatic rings. The second-order valence-corrected chi connectivity index (χ2v) is 8.22. The number of ether oxygens (including phenoxy) is 1. The lowest BCUT2D eigenvalue weighted by Crippen LogP contribution is -2.08. The van der Waals surface area contributed by atoms with Gasteiger partial charge in [0, 0.05) is 12.1 Å². The summed E-state index contributed by atoms with van der Waals surface area (Å²) in [6, 6.07) is 5.85. The molecular formula is C21H22Br2N4O2. The number of carbonyl (C=O) groups is 1. The van der Waals surface area contributed by atoms with Gasteiger partial charge in [-0.2, -0.15) is 10.2 Å². The van der Waals surface area contributed by atoms with Gasteiger partial charge in [0.2, 0.25) is 5.78 Å². The number of halogens is 2. The molecule has 3 rings (SSSR count). The first-order chi connectivity index (χ1) is 13.8. The second-order valence-electron chi connectivity index (χ2n) is 6.57. The van der Waals surface area contributed by atoms with Crippen molar-refractivity contribution in [2.24, 2.45) is 0 Å². The van der Waals surface area contributed by atoms with E-state index in [0.717, 1.165) is 32.7 Å². The zero-order chi connectivity index (χ0) is 21.1. The minimum absolute atomic E-state index is 0.101. The predicted molar refractivity (Wildman–Crippen MR) is 120 cm³/mol. The van der Waals surface area contributed by atoms with E-state index in [1.807, 2.05) is 49.7 Å². The zero-order valence-corrected chi connectivity index (χ0v) is 19.9. The van der Waals surface area contributed by atoms with Crippen LogP contribution >= 0.6 is 31.9 Å². The smallest absolute Gasteiger partial charge is 0.205 e. The van der Waals surface area contributed by atoms with Crippen LogP contribution in [0.1, 0.15) is 39.9 Å². The molecule has 1 aromatic carbocycles. The van der Waals surface area contributed by atoms with E-state index in [9.17, 15) is 4.79 Å². The lowest BCUT2D eigenvalue weighted by molar-refractivity contribution is 0.103. The number of rotatable bonds is 7. The Morgan fingerprint density at radius 3 is 2.62 bits per heavy atom. The lowest BCUT2D eigenvalue weighted by Gasteiger charge is -2.11. The third-order valence-corrected chi connectivity index (χ3v) is 6.40. The fourth-order valence-electron chi connectivity index (χ4n) is 3.11. The highest BCUT2D eigenvalue weighted by molar-refractivity contribution is 9.10. The summed E-state index contributed by atoms with van der Waals surface area (Å²) in [5, 5.41) is 8.77. The number of hydrogen-bond acceptors (Lipinski definition) is 4. The van der Waals surface area contributed by atoms with Crippen molar-refractivity contribution in [3.8, 4) is 5.75 Å².